The number of rotatable bonds is 5. The molecular weight excluding hydrogens is 445 g/mol. The van der Waals surface area contributed by atoms with E-state index in [1.807, 2.05) is 0 Å². The van der Waals surface area contributed by atoms with Crippen molar-refractivity contribution < 1.29 is 32.6 Å². The van der Waals surface area contributed by atoms with Crippen molar-refractivity contribution in [1.82, 2.24) is 14.9 Å². The van der Waals surface area contributed by atoms with Crippen LogP contribution in [0.1, 0.15) is 24.5 Å². The summed E-state index contributed by atoms with van der Waals surface area (Å²) in [5.41, 5.74) is -1.26. The van der Waals surface area contributed by atoms with Crippen LogP contribution in [0.2, 0.25) is 0 Å². The van der Waals surface area contributed by atoms with E-state index in [-0.39, 0.29) is 25.6 Å². The van der Waals surface area contributed by atoms with E-state index in [1.54, 1.807) is 12.3 Å². The van der Waals surface area contributed by atoms with Crippen LogP contribution in [0.4, 0.5) is 23.1 Å². The van der Waals surface area contributed by atoms with Crippen LogP contribution in [0.5, 0.6) is 0 Å². The summed E-state index contributed by atoms with van der Waals surface area (Å²) < 4.78 is 43.0. The SMILES string of the molecule is Cc1nc(CO)sc1-c1csc(NC(=O)C2CN(C(=O)OC(C)(C)C(F)(F)F)C2)n1. The van der Waals surface area contributed by atoms with Gasteiger partial charge in [-0.05, 0) is 20.8 Å². The number of hydrogen-bond donors (Lipinski definition) is 2. The van der Waals surface area contributed by atoms with E-state index in [2.05, 4.69) is 20.0 Å². The molecule has 8 nitrogen and oxygen atoms in total. The maximum Gasteiger partial charge on any atom is 0.427 e. The summed E-state index contributed by atoms with van der Waals surface area (Å²) in [5.74, 6) is -0.947. The second-order valence-electron chi connectivity index (χ2n) is 7.19. The number of halogens is 3. The number of ether oxygens (including phenoxy) is 1. The monoisotopic (exact) mass is 464 g/mol. The number of amides is 2. The van der Waals surface area contributed by atoms with Crippen LogP contribution >= 0.6 is 22.7 Å². The molecule has 0 unspecified atom stereocenters. The Morgan fingerprint density at radius 3 is 2.57 bits per heavy atom. The van der Waals surface area contributed by atoms with Gasteiger partial charge in [0.25, 0.3) is 0 Å². The Bertz CT molecular complexity index is 951. The van der Waals surface area contributed by atoms with Crippen molar-refractivity contribution in [3.05, 3.63) is 16.1 Å². The van der Waals surface area contributed by atoms with Crippen molar-refractivity contribution in [2.24, 2.45) is 5.92 Å². The zero-order chi connectivity index (χ0) is 22.3. The van der Waals surface area contributed by atoms with Crippen molar-refractivity contribution in [3.8, 4) is 10.6 Å². The standard InChI is InChI=1S/C17H19F3N4O4S2/c1-8-12(30-11(6-25)21-8)10-7-29-14(22-10)23-13(26)9-4-24(5-9)15(27)28-16(2,3)17(18,19)20/h7,9,25H,4-6H2,1-3H3,(H,22,23,26). The van der Waals surface area contributed by atoms with Crippen LogP contribution in [-0.2, 0) is 16.1 Å². The minimum absolute atomic E-state index is 0.0371. The van der Waals surface area contributed by atoms with Gasteiger partial charge in [0.2, 0.25) is 11.5 Å². The van der Waals surface area contributed by atoms with Gasteiger partial charge < -0.3 is 20.1 Å². The number of hydrogen-bond acceptors (Lipinski definition) is 8. The Morgan fingerprint density at radius 2 is 2.00 bits per heavy atom. The van der Waals surface area contributed by atoms with Gasteiger partial charge in [-0.2, -0.15) is 13.2 Å². The first kappa shape index (κ1) is 22.4. The summed E-state index contributed by atoms with van der Waals surface area (Å²) in [6, 6.07) is 0. The molecule has 2 amide bonds. The van der Waals surface area contributed by atoms with Crippen LogP contribution in [0, 0.1) is 12.8 Å². The van der Waals surface area contributed by atoms with E-state index in [0.717, 1.165) is 29.3 Å². The second kappa shape index (κ2) is 8.12. The van der Waals surface area contributed by atoms with E-state index >= 15 is 0 Å². The predicted octanol–water partition coefficient (Wildman–Crippen LogP) is 3.42. The van der Waals surface area contributed by atoms with Gasteiger partial charge in [-0.15, -0.1) is 22.7 Å². The van der Waals surface area contributed by atoms with Crippen molar-refractivity contribution >= 4 is 39.8 Å². The summed E-state index contributed by atoms with van der Waals surface area (Å²) in [5, 5.41) is 14.5. The van der Waals surface area contributed by atoms with Gasteiger partial charge >= 0.3 is 12.3 Å². The lowest BCUT2D eigenvalue weighted by Gasteiger charge is -2.39. The van der Waals surface area contributed by atoms with Crippen LogP contribution in [0.3, 0.4) is 0 Å². The van der Waals surface area contributed by atoms with Crippen LogP contribution in [0.15, 0.2) is 5.38 Å². The first-order chi connectivity index (χ1) is 13.9. The minimum atomic E-state index is -4.69. The fourth-order valence-corrected chi connectivity index (χ4v) is 4.20. The molecule has 0 spiro atoms. The Labute approximate surface area is 177 Å². The first-order valence-corrected chi connectivity index (χ1v) is 10.5. The summed E-state index contributed by atoms with van der Waals surface area (Å²) >= 11 is 2.52. The highest BCUT2D eigenvalue weighted by Crippen LogP contribution is 2.35. The van der Waals surface area contributed by atoms with E-state index in [9.17, 15) is 27.9 Å². The molecule has 1 saturated heterocycles. The number of nitrogens with zero attached hydrogens (tertiary/aromatic N) is 3. The Kier molecular flexibility index (Phi) is 6.07. The molecule has 1 aliphatic heterocycles. The van der Waals surface area contributed by atoms with Gasteiger partial charge in [0.15, 0.2) is 5.13 Å². The van der Waals surface area contributed by atoms with Crippen LogP contribution in [-0.4, -0.2) is 56.8 Å². The van der Waals surface area contributed by atoms with Gasteiger partial charge in [-0.3, -0.25) is 4.79 Å². The molecule has 13 heteroatoms. The number of aryl methyl sites for hydroxylation is 1. The average molecular weight is 464 g/mol. The lowest BCUT2D eigenvalue weighted by molar-refractivity contribution is -0.247. The third kappa shape index (κ3) is 4.57. The molecule has 2 aromatic heterocycles. The van der Waals surface area contributed by atoms with E-state index in [0.29, 0.717) is 15.8 Å². The van der Waals surface area contributed by atoms with Gasteiger partial charge in [-0.1, -0.05) is 0 Å². The average Bonchev–Trinajstić information content (AvgIpc) is 3.17. The second-order valence-corrected chi connectivity index (χ2v) is 9.13. The summed E-state index contributed by atoms with van der Waals surface area (Å²) in [4.78, 5) is 34.6. The molecule has 3 rings (SSSR count). The number of likely N-dealkylation sites (tertiary alicyclic amines) is 1. The third-order valence-electron chi connectivity index (χ3n) is 4.48. The number of thiazole rings is 2. The maximum absolute atomic E-state index is 12.8. The summed E-state index contributed by atoms with van der Waals surface area (Å²) in [7, 11) is 0. The normalized spacial score (nSPS) is 15.1. The largest absolute Gasteiger partial charge is 0.434 e. The van der Waals surface area contributed by atoms with Crippen molar-refractivity contribution in [2.45, 2.75) is 39.2 Å². The fraction of sp³-hybridized carbons (Fsp3) is 0.529. The third-order valence-corrected chi connectivity index (χ3v) is 6.40. The lowest BCUT2D eigenvalue weighted by atomic mass is 10.00. The van der Waals surface area contributed by atoms with Gasteiger partial charge in [-0.25, -0.2) is 14.8 Å². The highest BCUT2D eigenvalue weighted by atomic mass is 32.1. The number of carbonyl (C=O) groups is 2. The zero-order valence-corrected chi connectivity index (χ0v) is 17.9. The molecule has 1 aliphatic rings. The molecule has 0 radical (unpaired) electrons. The van der Waals surface area contributed by atoms with E-state index in [1.165, 1.54) is 22.7 Å². The number of aromatic nitrogens is 2. The molecule has 30 heavy (non-hydrogen) atoms. The van der Waals surface area contributed by atoms with Crippen LogP contribution in [0.25, 0.3) is 10.6 Å². The molecule has 0 aliphatic carbocycles. The number of aliphatic hydroxyl groups excluding tert-OH is 1. The minimum Gasteiger partial charge on any atom is -0.434 e. The highest BCUT2D eigenvalue weighted by molar-refractivity contribution is 7.17. The first-order valence-electron chi connectivity index (χ1n) is 8.80. The van der Waals surface area contributed by atoms with Crippen LogP contribution < -0.4 is 5.32 Å². The number of nitrogens with one attached hydrogen (secondary N) is 1. The molecule has 2 N–H and O–H groups in total. The fourth-order valence-electron chi connectivity index (χ4n) is 2.53. The topological polar surface area (TPSA) is 105 Å². The van der Waals surface area contributed by atoms with Gasteiger partial charge in [0, 0.05) is 18.5 Å². The molecule has 0 atom stereocenters. The maximum atomic E-state index is 12.8. The summed E-state index contributed by atoms with van der Waals surface area (Å²) in [6.07, 6.45) is -5.81. The van der Waals surface area contributed by atoms with Gasteiger partial charge in [0.1, 0.15) is 5.01 Å². The summed E-state index contributed by atoms with van der Waals surface area (Å²) in [6.45, 7) is 3.09. The molecule has 0 aromatic carbocycles. The number of alkyl halides is 3. The highest BCUT2D eigenvalue weighted by Gasteiger charge is 2.52. The van der Waals surface area contributed by atoms with Crippen molar-refractivity contribution in [3.63, 3.8) is 0 Å². The number of aliphatic hydroxyl groups is 1. The zero-order valence-electron chi connectivity index (χ0n) is 16.2. The lowest BCUT2D eigenvalue weighted by Crippen LogP contribution is -2.57. The van der Waals surface area contributed by atoms with Gasteiger partial charge in [0.05, 0.1) is 28.8 Å². The van der Waals surface area contributed by atoms with E-state index in [4.69, 9.17) is 0 Å². The molecular formula is C17H19F3N4O4S2. The molecule has 0 saturated carbocycles. The Balaban J connectivity index is 1.53. The molecule has 2 aromatic rings. The Hall–Kier alpha value is -2.25. The van der Waals surface area contributed by atoms with E-state index < -0.39 is 23.8 Å². The molecule has 0 bridgehead atoms. The molecule has 3 heterocycles. The number of anilines is 1. The Morgan fingerprint density at radius 1 is 1.33 bits per heavy atom. The molecule has 1 fully saturated rings. The van der Waals surface area contributed by atoms with Crippen molar-refractivity contribution in [1.29, 1.82) is 0 Å². The molecule has 164 valence electrons. The quantitative estimate of drug-likeness (QED) is 0.703. The predicted molar refractivity (Wildman–Crippen MR) is 104 cm³/mol. The van der Waals surface area contributed by atoms with Crippen molar-refractivity contribution in [2.75, 3.05) is 18.4 Å². The smallest absolute Gasteiger partial charge is 0.427 e. The number of carbonyl (C=O) groups excluding carboxylic acids is 2.